The van der Waals surface area contributed by atoms with Crippen molar-refractivity contribution in [2.45, 2.75) is 11.8 Å². The first kappa shape index (κ1) is 20.7. The molecule has 0 spiro atoms. The maximum atomic E-state index is 12.6. The number of thioether (sulfide) groups is 1. The number of carbonyl (C=O) groups excluding carboxylic acids is 1. The molecule has 0 saturated carbocycles. The Morgan fingerprint density at radius 1 is 1.03 bits per heavy atom. The Hall–Kier alpha value is -3.58. The fourth-order valence-corrected chi connectivity index (χ4v) is 4.61. The molecule has 0 saturated heterocycles. The van der Waals surface area contributed by atoms with Crippen molar-refractivity contribution in [1.82, 2.24) is 10.3 Å². The number of hydrogen-bond donors (Lipinski definition) is 2. The fourth-order valence-electron chi connectivity index (χ4n) is 3.55. The number of fused-ring (bicyclic) bond motifs is 1. The van der Waals surface area contributed by atoms with Crippen LogP contribution in [0.25, 0.3) is 22.2 Å². The van der Waals surface area contributed by atoms with Crippen LogP contribution in [-0.4, -0.2) is 28.1 Å². The third kappa shape index (κ3) is 4.32. The van der Waals surface area contributed by atoms with Gasteiger partial charge in [0.05, 0.1) is 10.6 Å². The summed E-state index contributed by atoms with van der Waals surface area (Å²) < 4.78 is 0. The van der Waals surface area contributed by atoms with Gasteiger partial charge in [-0.05, 0) is 24.6 Å². The van der Waals surface area contributed by atoms with E-state index in [1.54, 1.807) is 24.8 Å². The minimum Gasteiger partial charge on any atom is -0.354 e. The van der Waals surface area contributed by atoms with E-state index >= 15 is 0 Å². The van der Waals surface area contributed by atoms with Crippen LogP contribution in [-0.2, 0) is 0 Å². The van der Waals surface area contributed by atoms with Crippen LogP contribution in [0.15, 0.2) is 77.7 Å². The first-order valence-electron chi connectivity index (χ1n) is 9.87. The van der Waals surface area contributed by atoms with Crippen LogP contribution in [0.3, 0.4) is 0 Å². The lowest BCUT2D eigenvalue weighted by Crippen LogP contribution is -2.26. The number of aromatic nitrogens is 1. The minimum absolute atomic E-state index is 0.0479. The van der Waals surface area contributed by atoms with Crippen molar-refractivity contribution >= 4 is 34.3 Å². The Labute approximate surface area is 183 Å². The van der Waals surface area contributed by atoms with Crippen molar-refractivity contribution in [3.63, 3.8) is 0 Å². The van der Waals surface area contributed by atoms with Crippen LogP contribution < -0.4 is 5.32 Å². The lowest BCUT2D eigenvalue weighted by molar-refractivity contribution is -0.385. The molecule has 6 nitrogen and oxygen atoms in total. The van der Waals surface area contributed by atoms with Gasteiger partial charge < -0.3 is 10.3 Å². The molecule has 3 aromatic carbocycles. The number of rotatable bonds is 7. The van der Waals surface area contributed by atoms with E-state index in [0.717, 1.165) is 27.1 Å². The van der Waals surface area contributed by atoms with Gasteiger partial charge in [-0.15, -0.1) is 11.8 Å². The van der Waals surface area contributed by atoms with Crippen molar-refractivity contribution in [1.29, 1.82) is 0 Å². The lowest BCUT2D eigenvalue weighted by atomic mass is 10.1. The van der Waals surface area contributed by atoms with E-state index in [0.29, 0.717) is 23.4 Å². The molecule has 0 fully saturated rings. The Kier molecular flexibility index (Phi) is 6.04. The lowest BCUT2D eigenvalue weighted by Gasteiger charge is -2.09. The number of carbonyl (C=O) groups is 1. The van der Waals surface area contributed by atoms with E-state index in [9.17, 15) is 14.9 Å². The molecule has 0 aliphatic rings. The molecule has 1 heterocycles. The molecular formula is C24H21N3O3S. The highest BCUT2D eigenvalue weighted by molar-refractivity contribution is 7.99. The number of nitro groups is 1. The predicted molar refractivity (Wildman–Crippen MR) is 125 cm³/mol. The molecule has 4 rings (SSSR count). The summed E-state index contributed by atoms with van der Waals surface area (Å²) in [5, 5.41) is 15.1. The highest BCUT2D eigenvalue weighted by atomic mass is 32.2. The van der Waals surface area contributed by atoms with Gasteiger partial charge in [-0.2, -0.15) is 0 Å². The van der Waals surface area contributed by atoms with E-state index in [-0.39, 0.29) is 11.6 Å². The molecule has 0 bridgehead atoms. The first-order chi connectivity index (χ1) is 15.1. The van der Waals surface area contributed by atoms with Gasteiger partial charge in [-0.3, -0.25) is 14.9 Å². The number of amides is 1. The topological polar surface area (TPSA) is 88.0 Å². The van der Waals surface area contributed by atoms with Crippen molar-refractivity contribution in [3.05, 3.63) is 94.0 Å². The van der Waals surface area contributed by atoms with Crippen LogP contribution >= 0.6 is 11.8 Å². The highest BCUT2D eigenvalue weighted by Crippen LogP contribution is 2.37. The van der Waals surface area contributed by atoms with Gasteiger partial charge in [0.15, 0.2) is 0 Å². The highest BCUT2D eigenvalue weighted by Gasteiger charge is 2.18. The zero-order valence-electron chi connectivity index (χ0n) is 16.9. The normalized spacial score (nSPS) is 10.9. The summed E-state index contributed by atoms with van der Waals surface area (Å²) in [4.78, 5) is 27.8. The zero-order valence-corrected chi connectivity index (χ0v) is 17.7. The van der Waals surface area contributed by atoms with E-state index in [2.05, 4.69) is 34.6 Å². The maximum absolute atomic E-state index is 12.6. The Morgan fingerprint density at radius 3 is 2.55 bits per heavy atom. The Balaban J connectivity index is 1.48. The van der Waals surface area contributed by atoms with Crippen LogP contribution in [0.2, 0.25) is 0 Å². The number of nitrogens with zero attached hydrogens (tertiary/aromatic N) is 1. The second-order valence-electron chi connectivity index (χ2n) is 7.05. The monoisotopic (exact) mass is 431 g/mol. The van der Waals surface area contributed by atoms with Crippen molar-refractivity contribution in [2.75, 3.05) is 12.3 Å². The number of hydrogen-bond acceptors (Lipinski definition) is 4. The molecule has 0 aliphatic heterocycles. The van der Waals surface area contributed by atoms with Crippen LogP contribution in [0.4, 0.5) is 5.69 Å². The van der Waals surface area contributed by atoms with Crippen LogP contribution in [0, 0.1) is 17.0 Å². The van der Waals surface area contributed by atoms with Gasteiger partial charge in [-0.1, -0.05) is 54.6 Å². The van der Waals surface area contributed by atoms with Gasteiger partial charge in [0, 0.05) is 45.3 Å². The summed E-state index contributed by atoms with van der Waals surface area (Å²) in [5.41, 5.74) is 3.90. The van der Waals surface area contributed by atoms with E-state index in [4.69, 9.17) is 0 Å². The molecular weight excluding hydrogens is 410 g/mol. The van der Waals surface area contributed by atoms with Gasteiger partial charge in [-0.25, -0.2) is 0 Å². The summed E-state index contributed by atoms with van der Waals surface area (Å²) in [7, 11) is 0. The quantitative estimate of drug-likeness (QED) is 0.173. The van der Waals surface area contributed by atoms with Crippen LogP contribution in [0.1, 0.15) is 15.9 Å². The zero-order chi connectivity index (χ0) is 21.8. The van der Waals surface area contributed by atoms with Crippen LogP contribution in [0.5, 0.6) is 0 Å². The molecule has 2 N–H and O–H groups in total. The van der Waals surface area contributed by atoms with Gasteiger partial charge in [0.2, 0.25) is 0 Å². The molecule has 1 amide bonds. The average molecular weight is 432 g/mol. The number of nitro benzene ring substituents is 1. The van der Waals surface area contributed by atoms with Gasteiger partial charge >= 0.3 is 0 Å². The minimum atomic E-state index is -0.468. The largest absolute Gasteiger partial charge is 0.354 e. The first-order valence-corrected chi connectivity index (χ1v) is 10.9. The van der Waals surface area contributed by atoms with Crippen molar-refractivity contribution < 1.29 is 9.72 Å². The Bertz CT molecular complexity index is 1250. The van der Waals surface area contributed by atoms with Crippen molar-refractivity contribution in [2.24, 2.45) is 0 Å². The summed E-state index contributed by atoms with van der Waals surface area (Å²) in [6.45, 7) is 2.04. The summed E-state index contributed by atoms with van der Waals surface area (Å²) in [6, 6.07) is 22.9. The number of para-hydroxylation sites is 1. The second-order valence-corrected chi connectivity index (χ2v) is 8.16. The third-order valence-electron chi connectivity index (χ3n) is 5.10. The molecule has 1 aromatic heterocycles. The van der Waals surface area contributed by atoms with E-state index < -0.39 is 4.92 Å². The molecule has 4 aromatic rings. The number of benzene rings is 3. The summed E-state index contributed by atoms with van der Waals surface area (Å²) in [5.74, 6) is 0.366. The van der Waals surface area contributed by atoms with Gasteiger partial charge in [0.25, 0.3) is 11.6 Å². The number of aromatic amines is 1. The Morgan fingerprint density at radius 2 is 1.77 bits per heavy atom. The van der Waals surface area contributed by atoms with Crippen molar-refractivity contribution in [3.8, 4) is 11.3 Å². The van der Waals surface area contributed by atoms with E-state index in [1.807, 2.05) is 30.3 Å². The number of nitrogens with one attached hydrogen (secondary N) is 2. The standard InChI is InChI=1S/C24H21N3O3S/c1-16-18(11-7-13-21(16)27(29)30)24(28)25-14-15-31-23-19-10-5-6-12-20(19)26-22(23)17-8-3-2-4-9-17/h2-13,26H,14-15H2,1H3,(H,25,28). The molecule has 7 heteroatoms. The predicted octanol–water partition coefficient (Wildman–Crippen LogP) is 5.57. The summed E-state index contributed by atoms with van der Waals surface area (Å²) >= 11 is 1.67. The molecule has 0 atom stereocenters. The second kappa shape index (κ2) is 9.06. The maximum Gasteiger partial charge on any atom is 0.273 e. The molecule has 0 unspecified atom stereocenters. The average Bonchev–Trinajstić information content (AvgIpc) is 3.15. The molecule has 156 valence electrons. The third-order valence-corrected chi connectivity index (χ3v) is 6.22. The smallest absolute Gasteiger partial charge is 0.273 e. The fraction of sp³-hybridized carbons (Fsp3) is 0.125. The van der Waals surface area contributed by atoms with Gasteiger partial charge in [0.1, 0.15) is 0 Å². The molecule has 0 aliphatic carbocycles. The number of H-pyrrole nitrogens is 1. The molecule has 31 heavy (non-hydrogen) atoms. The summed E-state index contributed by atoms with van der Waals surface area (Å²) in [6.07, 6.45) is 0. The van der Waals surface area contributed by atoms with E-state index in [1.165, 1.54) is 12.1 Å². The SMILES string of the molecule is Cc1c(C(=O)NCCSc2c(-c3ccccc3)[nH]c3ccccc23)cccc1[N+](=O)[O-]. The molecule has 0 radical (unpaired) electrons.